The zero-order chi connectivity index (χ0) is 19.7. The van der Waals surface area contributed by atoms with Gasteiger partial charge < -0.3 is 20.4 Å². The Morgan fingerprint density at radius 3 is 2.54 bits per heavy atom. The molecule has 3 atom stereocenters. The molecule has 2 heterocycles. The van der Waals surface area contributed by atoms with E-state index in [0.29, 0.717) is 36.2 Å². The van der Waals surface area contributed by atoms with Crippen LogP contribution in [-0.4, -0.2) is 59.4 Å². The number of amides is 4. The Kier molecular flexibility index (Phi) is 5.24. The quantitative estimate of drug-likeness (QED) is 0.837. The molecular formula is C21H28N4O3. The van der Waals surface area contributed by atoms with Crippen molar-refractivity contribution < 1.29 is 14.4 Å². The Bertz CT molecular complexity index is 775. The van der Waals surface area contributed by atoms with Crippen LogP contribution in [0.2, 0.25) is 0 Å². The van der Waals surface area contributed by atoms with Gasteiger partial charge in [0.15, 0.2) is 0 Å². The van der Waals surface area contributed by atoms with Crippen molar-refractivity contribution in [3.05, 3.63) is 29.8 Å². The maximum atomic E-state index is 12.8. The summed E-state index contributed by atoms with van der Waals surface area (Å²) in [5, 5.41) is 5.71. The first-order valence-electron chi connectivity index (χ1n) is 10.3. The first-order chi connectivity index (χ1) is 13.5. The molecule has 3 aliphatic rings. The highest BCUT2D eigenvalue weighted by molar-refractivity contribution is 6.03. The molecule has 1 aromatic carbocycles. The fourth-order valence-electron chi connectivity index (χ4n) is 4.28. The monoisotopic (exact) mass is 384 g/mol. The number of para-hydroxylation sites is 1. The summed E-state index contributed by atoms with van der Waals surface area (Å²) < 4.78 is 0. The van der Waals surface area contributed by atoms with Crippen molar-refractivity contribution in [3.8, 4) is 0 Å². The largest absolute Gasteiger partial charge is 0.339 e. The van der Waals surface area contributed by atoms with E-state index in [4.69, 9.17) is 0 Å². The van der Waals surface area contributed by atoms with Crippen LogP contribution in [0.5, 0.6) is 0 Å². The molecule has 2 saturated heterocycles. The third-order valence-electron chi connectivity index (χ3n) is 6.01. The second kappa shape index (κ2) is 7.81. The minimum absolute atomic E-state index is 0.0412. The highest BCUT2D eigenvalue weighted by atomic mass is 16.2. The average Bonchev–Trinajstić information content (AvgIpc) is 3.31. The molecule has 3 fully saturated rings. The van der Waals surface area contributed by atoms with E-state index in [1.165, 1.54) is 0 Å². The van der Waals surface area contributed by atoms with E-state index in [-0.39, 0.29) is 23.9 Å². The molecule has 4 rings (SSSR count). The highest BCUT2D eigenvalue weighted by Gasteiger charge is 2.44. The zero-order valence-corrected chi connectivity index (χ0v) is 16.3. The van der Waals surface area contributed by atoms with Crippen molar-refractivity contribution in [2.45, 2.75) is 51.1 Å². The lowest BCUT2D eigenvalue weighted by molar-refractivity contribution is -0.128. The van der Waals surface area contributed by atoms with Crippen LogP contribution < -0.4 is 10.6 Å². The number of nitrogens with one attached hydrogen (secondary N) is 2. The van der Waals surface area contributed by atoms with Gasteiger partial charge in [0.1, 0.15) is 0 Å². The van der Waals surface area contributed by atoms with E-state index in [1.54, 1.807) is 18.2 Å². The second-order valence-electron chi connectivity index (χ2n) is 8.22. The molecule has 4 amide bonds. The Labute approximate surface area is 165 Å². The number of hydrogen-bond acceptors (Lipinski definition) is 3. The van der Waals surface area contributed by atoms with Gasteiger partial charge in [0.05, 0.1) is 17.3 Å². The van der Waals surface area contributed by atoms with Crippen molar-refractivity contribution in [1.29, 1.82) is 0 Å². The maximum Gasteiger partial charge on any atom is 0.319 e. The number of nitrogens with zero attached hydrogens (tertiary/aromatic N) is 2. The Morgan fingerprint density at radius 2 is 1.82 bits per heavy atom. The van der Waals surface area contributed by atoms with Gasteiger partial charge in [-0.3, -0.25) is 9.59 Å². The molecule has 7 nitrogen and oxygen atoms in total. The van der Waals surface area contributed by atoms with Crippen LogP contribution in [0.4, 0.5) is 10.5 Å². The van der Waals surface area contributed by atoms with Crippen molar-refractivity contribution in [3.63, 3.8) is 0 Å². The van der Waals surface area contributed by atoms with Gasteiger partial charge in [0.25, 0.3) is 5.91 Å². The summed E-state index contributed by atoms with van der Waals surface area (Å²) in [5.41, 5.74) is 1.02. The van der Waals surface area contributed by atoms with Crippen molar-refractivity contribution in [1.82, 2.24) is 15.1 Å². The number of carbonyl (C=O) groups is 3. The Balaban J connectivity index is 1.37. The summed E-state index contributed by atoms with van der Waals surface area (Å²) in [7, 11) is 0. The molecule has 2 aliphatic heterocycles. The number of piperidine rings is 1. The lowest BCUT2D eigenvalue weighted by Crippen LogP contribution is -2.41. The lowest BCUT2D eigenvalue weighted by atomic mass is 10.1. The van der Waals surface area contributed by atoms with E-state index in [1.807, 2.05) is 15.9 Å². The van der Waals surface area contributed by atoms with Gasteiger partial charge in [0.2, 0.25) is 5.91 Å². The van der Waals surface area contributed by atoms with Gasteiger partial charge in [-0.2, -0.15) is 0 Å². The molecule has 0 radical (unpaired) electrons. The third kappa shape index (κ3) is 3.98. The zero-order valence-electron chi connectivity index (χ0n) is 16.3. The summed E-state index contributed by atoms with van der Waals surface area (Å²) in [6, 6.07) is 6.89. The number of anilines is 1. The van der Waals surface area contributed by atoms with E-state index >= 15 is 0 Å². The van der Waals surface area contributed by atoms with E-state index < -0.39 is 0 Å². The maximum absolute atomic E-state index is 12.8. The third-order valence-corrected chi connectivity index (χ3v) is 6.01. The normalized spacial score (nSPS) is 26.9. The standard InChI is InChI=1S/C21H28N4O3/c1-14-11-18(14)25-13-15(12-19(25)26)22-21(28)23-17-8-4-3-7-16(17)20(27)24-9-5-2-6-10-24/h3-4,7-8,14-15,18H,2,5-6,9-13H2,1H3,(H2,22,23,28). The van der Waals surface area contributed by atoms with Crippen molar-refractivity contribution >= 4 is 23.5 Å². The molecular weight excluding hydrogens is 356 g/mol. The summed E-state index contributed by atoms with van der Waals surface area (Å²) in [5.74, 6) is 0.630. The molecule has 1 aliphatic carbocycles. The van der Waals surface area contributed by atoms with Gasteiger partial charge in [0, 0.05) is 32.1 Å². The summed E-state index contributed by atoms with van der Waals surface area (Å²) in [6.45, 7) is 4.23. The van der Waals surface area contributed by atoms with Crippen molar-refractivity contribution in [2.75, 3.05) is 25.0 Å². The molecule has 0 spiro atoms. The van der Waals surface area contributed by atoms with Gasteiger partial charge in [-0.05, 0) is 43.7 Å². The van der Waals surface area contributed by atoms with E-state index in [2.05, 4.69) is 17.6 Å². The van der Waals surface area contributed by atoms with Crippen LogP contribution in [0.25, 0.3) is 0 Å². The summed E-state index contributed by atoms with van der Waals surface area (Å²) >= 11 is 0. The smallest absolute Gasteiger partial charge is 0.319 e. The molecule has 1 saturated carbocycles. The SMILES string of the molecule is CC1CC1N1CC(NC(=O)Nc2ccccc2C(=O)N2CCCCC2)CC1=O. The van der Waals surface area contributed by atoms with Gasteiger partial charge in [-0.25, -0.2) is 4.79 Å². The number of rotatable bonds is 4. The predicted molar refractivity (Wildman–Crippen MR) is 106 cm³/mol. The molecule has 150 valence electrons. The minimum Gasteiger partial charge on any atom is -0.339 e. The Morgan fingerprint density at radius 1 is 1.11 bits per heavy atom. The first kappa shape index (κ1) is 18.8. The number of urea groups is 1. The molecule has 7 heteroatoms. The van der Waals surface area contributed by atoms with Crippen LogP contribution in [0.3, 0.4) is 0 Å². The lowest BCUT2D eigenvalue weighted by Gasteiger charge is -2.27. The van der Waals surface area contributed by atoms with Gasteiger partial charge in [-0.1, -0.05) is 19.1 Å². The molecule has 2 N–H and O–H groups in total. The predicted octanol–water partition coefficient (Wildman–Crippen LogP) is 2.44. The van der Waals surface area contributed by atoms with Crippen LogP contribution >= 0.6 is 0 Å². The minimum atomic E-state index is -0.373. The number of carbonyl (C=O) groups excluding carboxylic acids is 3. The fourth-order valence-corrected chi connectivity index (χ4v) is 4.28. The number of benzene rings is 1. The highest BCUT2D eigenvalue weighted by Crippen LogP contribution is 2.37. The molecule has 0 aromatic heterocycles. The molecule has 0 bridgehead atoms. The fraction of sp³-hybridized carbons (Fsp3) is 0.571. The molecule has 1 aromatic rings. The van der Waals surface area contributed by atoms with Gasteiger partial charge in [-0.15, -0.1) is 0 Å². The summed E-state index contributed by atoms with van der Waals surface area (Å²) in [4.78, 5) is 41.3. The van der Waals surface area contributed by atoms with Gasteiger partial charge >= 0.3 is 6.03 Å². The molecule has 3 unspecified atom stereocenters. The van der Waals surface area contributed by atoms with Crippen molar-refractivity contribution in [2.24, 2.45) is 5.92 Å². The average molecular weight is 384 g/mol. The number of likely N-dealkylation sites (tertiary alicyclic amines) is 2. The van der Waals surface area contributed by atoms with E-state index in [0.717, 1.165) is 38.8 Å². The van der Waals surface area contributed by atoms with Crippen LogP contribution in [0, 0.1) is 5.92 Å². The molecule has 28 heavy (non-hydrogen) atoms. The summed E-state index contributed by atoms with van der Waals surface area (Å²) in [6.07, 6.45) is 4.59. The first-order valence-corrected chi connectivity index (χ1v) is 10.3. The van der Waals surface area contributed by atoms with Crippen LogP contribution in [0.1, 0.15) is 49.4 Å². The Hall–Kier alpha value is -2.57. The van der Waals surface area contributed by atoms with Crippen LogP contribution in [-0.2, 0) is 4.79 Å². The topological polar surface area (TPSA) is 81.8 Å². The number of hydrogen-bond donors (Lipinski definition) is 2. The second-order valence-corrected chi connectivity index (χ2v) is 8.22. The van der Waals surface area contributed by atoms with Crippen LogP contribution in [0.15, 0.2) is 24.3 Å². The van der Waals surface area contributed by atoms with E-state index in [9.17, 15) is 14.4 Å².